The van der Waals surface area contributed by atoms with Gasteiger partial charge in [-0.3, -0.25) is 4.79 Å². The van der Waals surface area contributed by atoms with E-state index in [4.69, 9.17) is 0 Å². The molecule has 0 amide bonds. The highest BCUT2D eigenvalue weighted by atomic mass is 79.9. The van der Waals surface area contributed by atoms with Gasteiger partial charge in [-0.25, -0.2) is 4.98 Å². The number of thiophene rings is 1. The third kappa shape index (κ3) is 3.10. The monoisotopic (exact) mass is 400 g/mol. The van der Waals surface area contributed by atoms with Crippen LogP contribution < -0.4 is 5.56 Å². The van der Waals surface area contributed by atoms with Crippen molar-refractivity contribution in [2.45, 2.75) is 32.1 Å². The summed E-state index contributed by atoms with van der Waals surface area (Å²) in [6.45, 7) is 0. The summed E-state index contributed by atoms with van der Waals surface area (Å²) in [6, 6.07) is 8.03. The van der Waals surface area contributed by atoms with Gasteiger partial charge in [0.2, 0.25) is 0 Å². The van der Waals surface area contributed by atoms with Gasteiger partial charge in [-0.1, -0.05) is 40.6 Å². The van der Waals surface area contributed by atoms with Crippen LogP contribution in [0.25, 0.3) is 22.4 Å². The lowest BCUT2D eigenvalue weighted by atomic mass is 10.1. The van der Waals surface area contributed by atoms with Crippen molar-refractivity contribution in [1.82, 2.24) is 9.97 Å². The van der Waals surface area contributed by atoms with Crippen LogP contribution in [0.2, 0.25) is 0 Å². The number of aryl methyl sites for hydroxylation is 2. The SMILES string of the molecule is O=c1[nH]c(/C=C/c2ccc(Br)cc2)nc2sc3c(c12)CCCCC3. The van der Waals surface area contributed by atoms with Crippen LogP contribution in [0, 0.1) is 0 Å². The van der Waals surface area contributed by atoms with E-state index >= 15 is 0 Å². The van der Waals surface area contributed by atoms with Crippen molar-refractivity contribution in [3.8, 4) is 0 Å². The second-order valence-corrected chi connectivity index (χ2v) is 8.08. The minimum Gasteiger partial charge on any atom is -0.306 e. The molecular weight excluding hydrogens is 384 g/mol. The lowest BCUT2D eigenvalue weighted by molar-refractivity contribution is 0.713. The van der Waals surface area contributed by atoms with Crippen LogP contribution in [-0.2, 0) is 12.8 Å². The Balaban J connectivity index is 1.73. The fourth-order valence-corrected chi connectivity index (χ4v) is 4.72. The average molecular weight is 401 g/mol. The standard InChI is InChI=1S/C19H17BrN2OS/c20-13-9-6-12(7-10-13)8-11-16-21-18(23)17-14-4-2-1-3-5-15(14)24-19(17)22-16/h6-11H,1-5H2,(H,21,22,23)/b11-8+. The quantitative estimate of drug-likeness (QED) is 0.601. The number of hydrogen-bond acceptors (Lipinski definition) is 3. The Morgan fingerprint density at radius 3 is 2.71 bits per heavy atom. The van der Waals surface area contributed by atoms with Crippen LogP contribution >= 0.6 is 27.3 Å². The van der Waals surface area contributed by atoms with Gasteiger partial charge in [0, 0.05) is 9.35 Å². The molecule has 1 N–H and O–H groups in total. The summed E-state index contributed by atoms with van der Waals surface area (Å²) in [5.74, 6) is 0.617. The first-order valence-electron chi connectivity index (χ1n) is 8.19. The number of nitrogens with zero attached hydrogens (tertiary/aromatic N) is 1. The summed E-state index contributed by atoms with van der Waals surface area (Å²) < 4.78 is 1.05. The van der Waals surface area contributed by atoms with E-state index in [-0.39, 0.29) is 5.56 Å². The van der Waals surface area contributed by atoms with E-state index < -0.39 is 0 Å². The summed E-state index contributed by atoms with van der Waals surface area (Å²) in [7, 11) is 0. The summed E-state index contributed by atoms with van der Waals surface area (Å²) >= 11 is 5.12. The molecule has 1 aromatic carbocycles. The molecule has 0 atom stereocenters. The second-order valence-electron chi connectivity index (χ2n) is 6.08. The van der Waals surface area contributed by atoms with E-state index in [0.717, 1.165) is 33.1 Å². The Morgan fingerprint density at radius 1 is 1.08 bits per heavy atom. The predicted octanol–water partition coefficient (Wildman–Crippen LogP) is 5.19. The van der Waals surface area contributed by atoms with Crippen molar-refractivity contribution in [1.29, 1.82) is 0 Å². The number of aromatic amines is 1. The summed E-state index contributed by atoms with van der Waals surface area (Å²) in [5.41, 5.74) is 2.31. The van der Waals surface area contributed by atoms with Crippen LogP contribution in [0.4, 0.5) is 0 Å². The third-order valence-corrected chi connectivity index (χ3v) is 6.11. The van der Waals surface area contributed by atoms with Crippen molar-refractivity contribution in [2.75, 3.05) is 0 Å². The Morgan fingerprint density at radius 2 is 1.88 bits per heavy atom. The smallest absolute Gasteiger partial charge is 0.260 e. The van der Waals surface area contributed by atoms with Crippen molar-refractivity contribution < 1.29 is 0 Å². The third-order valence-electron chi connectivity index (χ3n) is 4.40. The fourth-order valence-electron chi connectivity index (χ4n) is 3.19. The van der Waals surface area contributed by atoms with Gasteiger partial charge in [0.25, 0.3) is 5.56 Å². The van der Waals surface area contributed by atoms with E-state index in [9.17, 15) is 4.79 Å². The maximum atomic E-state index is 12.6. The molecule has 24 heavy (non-hydrogen) atoms. The lowest BCUT2D eigenvalue weighted by Gasteiger charge is -1.99. The molecule has 0 spiro atoms. The maximum Gasteiger partial charge on any atom is 0.260 e. The van der Waals surface area contributed by atoms with Gasteiger partial charge in [-0.15, -0.1) is 11.3 Å². The molecule has 2 heterocycles. The molecule has 0 fully saturated rings. The summed E-state index contributed by atoms with van der Waals surface area (Å²) in [4.78, 5) is 22.4. The number of fused-ring (bicyclic) bond motifs is 3. The molecular formula is C19H17BrN2OS. The van der Waals surface area contributed by atoms with E-state index in [0.29, 0.717) is 5.82 Å². The summed E-state index contributed by atoms with van der Waals surface area (Å²) in [6.07, 6.45) is 9.57. The molecule has 0 bridgehead atoms. The minimum atomic E-state index is -0.00476. The van der Waals surface area contributed by atoms with Crippen molar-refractivity contribution >= 4 is 49.6 Å². The highest BCUT2D eigenvalue weighted by Crippen LogP contribution is 2.32. The highest BCUT2D eigenvalue weighted by molar-refractivity contribution is 9.10. The number of benzene rings is 1. The topological polar surface area (TPSA) is 45.8 Å². The first-order valence-corrected chi connectivity index (χ1v) is 9.80. The maximum absolute atomic E-state index is 12.6. The molecule has 0 unspecified atom stereocenters. The van der Waals surface area contributed by atoms with E-state index in [2.05, 4.69) is 25.9 Å². The molecule has 0 aliphatic heterocycles. The number of hydrogen-bond donors (Lipinski definition) is 1. The highest BCUT2D eigenvalue weighted by Gasteiger charge is 2.18. The molecule has 0 radical (unpaired) electrons. The second kappa shape index (κ2) is 6.65. The molecule has 4 rings (SSSR count). The lowest BCUT2D eigenvalue weighted by Crippen LogP contribution is -2.10. The van der Waals surface area contributed by atoms with Crippen LogP contribution in [0.5, 0.6) is 0 Å². The van der Waals surface area contributed by atoms with Gasteiger partial charge in [-0.05, 0) is 55.0 Å². The Labute approximate surface area is 152 Å². The molecule has 0 saturated heterocycles. The first-order chi connectivity index (χ1) is 11.7. The molecule has 3 nitrogen and oxygen atoms in total. The van der Waals surface area contributed by atoms with Gasteiger partial charge < -0.3 is 4.98 Å². The molecule has 3 aromatic rings. The molecule has 2 aromatic heterocycles. The average Bonchev–Trinajstić information content (AvgIpc) is 2.76. The zero-order valence-electron chi connectivity index (χ0n) is 13.1. The van der Waals surface area contributed by atoms with E-state index in [1.807, 2.05) is 36.4 Å². The predicted molar refractivity (Wildman–Crippen MR) is 105 cm³/mol. The molecule has 1 aliphatic carbocycles. The van der Waals surface area contributed by atoms with Crippen molar-refractivity contribution in [3.63, 3.8) is 0 Å². The Hall–Kier alpha value is -1.72. The Bertz CT molecular complexity index is 969. The zero-order valence-corrected chi connectivity index (χ0v) is 15.5. The van der Waals surface area contributed by atoms with Crippen molar-refractivity contribution in [3.05, 3.63) is 60.9 Å². The van der Waals surface area contributed by atoms with Gasteiger partial charge in [0.1, 0.15) is 10.7 Å². The fraction of sp³-hybridized carbons (Fsp3) is 0.263. The summed E-state index contributed by atoms with van der Waals surface area (Å²) in [5, 5.41) is 0.817. The van der Waals surface area contributed by atoms with Gasteiger partial charge >= 0.3 is 0 Å². The minimum absolute atomic E-state index is 0.00476. The van der Waals surface area contributed by atoms with E-state index in [1.165, 1.54) is 29.7 Å². The number of nitrogens with one attached hydrogen (secondary N) is 1. The number of H-pyrrole nitrogens is 1. The zero-order chi connectivity index (χ0) is 16.5. The molecule has 0 saturated carbocycles. The molecule has 5 heteroatoms. The normalized spacial score (nSPS) is 14.9. The number of rotatable bonds is 2. The van der Waals surface area contributed by atoms with Gasteiger partial charge in [-0.2, -0.15) is 0 Å². The van der Waals surface area contributed by atoms with Gasteiger partial charge in [0.15, 0.2) is 0 Å². The molecule has 1 aliphatic rings. The largest absolute Gasteiger partial charge is 0.306 e. The Kier molecular flexibility index (Phi) is 4.37. The number of halogens is 1. The van der Waals surface area contributed by atoms with Crippen LogP contribution in [0.15, 0.2) is 33.5 Å². The van der Waals surface area contributed by atoms with Crippen molar-refractivity contribution in [2.24, 2.45) is 0 Å². The first kappa shape index (κ1) is 15.8. The van der Waals surface area contributed by atoms with E-state index in [1.54, 1.807) is 11.3 Å². The van der Waals surface area contributed by atoms with Crippen LogP contribution in [-0.4, -0.2) is 9.97 Å². The molecule has 122 valence electrons. The van der Waals surface area contributed by atoms with Crippen LogP contribution in [0.1, 0.15) is 41.1 Å². The van der Waals surface area contributed by atoms with Gasteiger partial charge in [0.05, 0.1) is 5.39 Å². The van der Waals surface area contributed by atoms with Crippen LogP contribution in [0.3, 0.4) is 0 Å². The number of aromatic nitrogens is 2.